The van der Waals surface area contributed by atoms with E-state index in [9.17, 15) is 17.6 Å². The Morgan fingerprint density at radius 1 is 1.14 bits per heavy atom. The van der Waals surface area contributed by atoms with Crippen LogP contribution in [0.15, 0.2) is 18.2 Å². The number of hydrogen-bond donors (Lipinski definition) is 0. The first-order valence-corrected chi connectivity index (χ1v) is 6.72. The zero-order valence-electron chi connectivity index (χ0n) is 11.1. The molecule has 1 aromatic heterocycles. The summed E-state index contributed by atoms with van der Waals surface area (Å²) >= 11 is 0. The number of alkyl halides is 3. The molecular weight excluding hydrogens is 286 g/mol. The van der Waals surface area contributed by atoms with E-state index in [0.717, 1.165) is 43.1 Å². The Labute approximate surface area is 118 Å². The first-order chi connectivity index (χ1) is 9.97. The maximum Gasteiger partial charge on any atom is 0.419 e. The van der Waals surface area contributed by atoms with Crippen molar-refractivity contribution in [2.24, 2.45) is 0 Å². The molecule has 1 heterocycles. The van der Waals surface area contributed by atoms with Crippen molar-refractivity contribution < 1.29 is 17.6 Å². The Bertz CT molecular complexity index is 661. The van der Waals surface area contributed by atoms with Gasteiger partial charge in [-0.05, 0) is 31.7 Å². The third kappa shape index (κ3) is 2.64. The molecule has 0 atom stereocenters. The SMILES string of the molecule is Fc1c(Cn2nnc3c2CCCC3)cccc1C(F)(F)F. The van der Waals surface area contributed by atoms with Crippen LogP contribution in [0.5, 0.6) is 0 Å². The lowest BCUT2D eigenvalue weighted by atomic mass is 10.0. The Kier molecular flexibility index (Phi) is 3.43. The van der Waals surface area contributed by atoms with Gasteiger partial charge in [0.15, 0.2) is 0 Å². The Morgan fingerprint density at radius 2 is 1.90 bits per heavy atom. The van der Waals surface area contributed by atoms with Crippen LogP contribution in [0.4, 0.5) is 17.6 Å². The van der Waals surface area contributed by atoms with E-state index in [4.69, 9.17) is 0 Å². The van der Waals surface area contributed by atoms with Crippen LogP contribution in [0.25, 0.3) is 0 Å². The minimum absolute atomic E-state index is 0.0249. The van der Waals surface area contributed by atoms with Crippen LogP contribution in [-0.4, -0.2) is 15.0 Å². The Morgan fingerprint density at radius 3 is 2.67 bits per heavy atom. The second kappa shape index (κ2) is 5.13. The van der Waals surface area contributed by atoms with Gasteiger partial charge in [0.1, 0.15) is 5.82 Å². The molecule has 21 heavy (non-hydrogen) atoms. The van der Waals surface area contributed by atoms with E-state index in [0.29, 0.717) is 0 Å². The molecule has 0 saturated carbocycles. The van der Waals surface area contributed by atoms with Gasteiger partial charge < -0.3 is 0 Å². The number of nitrogens with zero attached hydrogens (tertiary/aromatic N) is 3. The molecule has 0 amide bonds. The molecule has 3 nitrogen and oxygen atoms in total. The van der Waals surface area contributed by atoms with E-state index in [-0.39, 0.29) is 12.1 Å². The van der Waals surface area contributed by atoms with E-state index in [1.807, 2.05) is 0 Å². The number of aromatic nitrogens is 3. The smallest absolute Gasteiger partial charge is 0.245 e. The van der Waals surface area contributed by atoms with Crippen LogP contribution in [0.3, 0.4) is 0 Å². The summed E-state index contributed by atoms with van der Waals surface area (Å²) in [7, 11) is 0. The van der Waals surface area contributed by atoms with Gasteiger partial charge in [-0.15, -0.1) is 5.10 Å². The molecule has 0 unspecified atom stereocenters. The van der Waals surface area contributed by atoms with E-state index < -0.39 is 17.6 Å². The zero-order valence-corrected chi connectivity index (χ0v) is 11.1. The van der Waals surface area contributed by atoms with Gasteiger partial charge in [-0.25, -0.2) is 9.07 Å². The summed E-state index contributed by atoms with van der Waals surface area (Å²) in [6.45, 7) is -0.0297. The minimum atomic E-state index is -4.69. The van der Waals surface area contributed by atoms with Crippen LogP contribution in [0.2, 0.25) is 0 Å². The van der Waals surface area contributed by atoms with Crippen molar-refractivity contribution in [3.8, 4) is 0 Å². The highest BCUT2D eigenvalue weighted by molar-refractivity contribution is 5.29. The molecule has 0 radical (unpaired) electrons. The van der Waals surface area contributed by atoms with Crippen molar-refractivity contribution in [2.75, 3.05) is 0 Å². The van der Waals surface area contributed by atoms with Crippen molar-refractivity contribution >= 4 is 0 Å². The van der Waals surface area contributed by atoms with E-state index in [2.05, 4.69) is 10.3 Å². The predicted octanol–water partition coefficient (Wildman–Crippen LogP) is 3.36. The lowest BCUT2D eigenvalue weighted by molar-refractivity contribution is -0.140. The molecule has 0 fully saturated rings. The molecule has 0 aliphatic heterocycles. The largest absolute Gasteiger partial charge is 0.419 e. The second-order valence-electron chi connectivity index (χ2n) is 5.12. The molecule has 0 saturated heterocycles. The standard InChI is InChI=1S/C14H13F4N3/c15-13-9(4-3-5-10(13)14(16,17)18)8-21-12-7-2-1-6-11(12)19-20-21/h3-5H,1-2,6-8H2. The van der Waals surface area contributed by atoms with Crippen LogP contribution in [0.1, 0.15) is 35.4 Å². The van der Waals surface area contributed by atoms with Crippen molar-refractivity contribution in [3.63, 3.8) is 0 Å². The summed E-state index contributed by atoms with van der Waals surface area (Å²) in [6, 6.07) is 3.31. The molecule has 3 rings (SSSR count). The maximum atomic E-state index is 14.0. The van der Waals surface area contributed by atoms with Crippen molar-refractivity contribution in [1.29, 1.82) is 0 Å². The van der Waals surface area contributed by atoms with Gasteiger partial charge >= 0.3 is 6.18 Å². The highest BCUT2D eigenvalue weighted by Gasteiger charge is 2.34. The average Bonchev–Trinajstić information content (AvgIpc) is 2.83. The fourth-order valence-corrected chi connectivity index (χ4v) is 2.63. The third-order valence-corrected chi connectivity index (χ3v) is 3.70. The number of fused-ring (bicyclic) bond motifs is 1. The summed E-state index contributed by atoms with van der Waals surface area (Å²) < 4.78 is 53.6. The van der Waals surface area contributed by atoms with Crippen LogP contribution in [0, 0.1) is 5.82 Å². The van der Waals surface area contributed by atoms with Crippen molar-refractivity contribution in [3.05, 3.63) is 46.5 Å². The highest BCUT2D eigenvalue weighted by Crippen LogP contribution is 2.32. The van der Waals surface area contributed by atoms with Gasteiger partial charge in [0.2, 0.25) is 0 Å². The number of hydrogen-bond acceptors (Lipinski definition) is 2. The van der Waals surface area contributed by atoms with Gasteiger partial charge in [0, 0.05) is 5.56 Å². The van der Waals surface area contributed by atoms with Crippen LogP contribution in [-0.2, 0) is 25.6 Å². The van der Waals surface area contributed by atoms with Gasteiger partial charge in [-0.1, -0.05) is 17.3 Å². The van der Waals surface area contributed by atoms with Crippen molar-refractivity contribution in [1.82, 2.24) is 15.0 Å². The summed E-state index contributed by atoms with van der Waals surface area (Å²) in [5.41, 5.74) is 0.503. The first-order valence-electron chi connectivity index (χ1n) is 6.72. The molecule has 0 spiro atoms. The number of halogens is 4. The van der Waals surface area contributed by atoms with Gasteiger partial charge in [-0.3, -0.25) is 0 Å². The summed E-state index contributed by atoms with van der Waals surface area (Å²) in [5.74, 6) is -1.23. The monoisotopic (exact) mass is 299 g/mol. The number of rotatable bonds is 2. The lowest BCUT2D eigenvalue weighted by Crippen LogP contribution is -2.14. The number of benzene rings is 1. The minimum Gasteiger partial charge on any atom is -0.245 e. The molecule has 1 aromatic carbocycles. The van der Waals surface area contributed by atoms with Crippen LogP contribution >= 0.6 is 0 Å². The molecule has 7 heteroatoms. The van der Waals surface area contributed by atoms with Crippen molar-refractivity contribution in [2.45, 2.75) is 38.4 Å². The molecule has 0 bridgehead atoms. The molecule has 2 aromatic rings. The highest BCUT2D eigenvalue weighted by atomic mass is 19.4. The second-order valence-corrected chi connectivity index (χ2v) is 5.12. The van der Waals surface area contributed by atoms with Gasteiger partial charge in [0.05, 0.1) is 23.5 Å². The van der Waals surface area contributed by atoms with Gasteiger partial charge in [-0.2, -0.15) is 13.2 Å². The lowest BCUT2D eigenvalue weighted by Gasteiger charge is -2.14. The summed E-state index contributed by atoms with van der Waals surface area (Å²) in [5, 5.41) is 7.97. The fourth-order valence-electron chi connectivity index (χ4n) is 2.63. The molecule has 1 aliphatic carbocycles. The molecule has 112 valence electrons. The zero-order chi connectivity index (χ0) is 15.0. The molecule has 1 aliphatic rings. The topological polar surface area (TPSA) is 30.7 Å². The fraction of sp³-hybridized carbons (Fsp3) is 0.429. The maximum absolute atomic E-state index is 14.0. The van der Waals surface area contributed by atoms with Crippen LogP contribution < -0.4 is 0 Å². The Hall–Kier alpha value is -1.92. The number of aryl methyl sites for hydroxylation is 1. The van der Waals surface area contributed by atoms with E-state index in [1.165, 1.54) is 16.8 Å². The van der Waals surface area contributed by atoms with E-state index >= 15 is 0 Å². The van der Waals surface area contributed by atoms with E-state index in [1.54, 1.807) is 0 Å². The summed E-state index contributed by atoms with van der Waals surface area (Å²) in [6.07, 6.45) is -1.07. The average molecular weight is 299 g/mol. The third-order valence-electron chi connectivity index (χ3n) is 3.70. The van der Waals surface area contributed by atoms with Gasteiger partial charge in [0.25, 0.3) is 0 Å². The summed E-state index contributed by atoms with van der Waals surface area (Å²) in [4.78, 5) is 0. The quantitative estimate of drug-likeness (QED) is 0.796. The predicted molar refractivity (Wildman–Crippen MR) is 67.2 cm³/mol. The first kappa shape index (κ1) is 14.0. The Balaban J connectivity index is 1.94. The normalized spacial score (nSPS) is 15.0. The molecular formula is C14H13F4N3. The molecule has 0 N–H and O–H groups in total.